The van der Waals surface area contributed by atoms with Gasteiger partial charge in [-0.1, -0.05) is 5.16 Å². The number of methoxy groups -OCH3 is 2. The van der Waals surface area contributed by atoms with Gasteiger partial charge in [0.15, 0.2) is 11.5 Å². The van der Waals surface area contributed by atoms with E-state index in [-0.39, 0.29) is 0 Å². The fourth-order valence-electron chi connectivity index (χ4n) is 1.95. The van der Waals surface area contributed by atoms with Gasteiger partial charge < -0.3 is 18.6 Å². The molecule has 0 fully saturated rings. The average Bonchev–Trinajstić information content (AvgIpc) is 3.19. The lowest BCUT2D eigenvalue weighted by Crippen LogP contribution is -1.96. The highest BCUT2D eigenvalue weighted by atomic mass is 16.5. The molecule has 1 aromatic carbocycles. The van der Waals surface area contributed by atoms with Crippen LogP contribution in [-0.2, 0) is 6.54 Å². The van der Waals surface area contributed by atoms with E-state index in [9.17, 15) is 0 Å². The molecule has 2 aromatic heterocycles. The van der Waals surface area contributed by atoms with Crippen molar-refractivity contribution >= 4 is 0 Å². The molecule has 0 saturated carbocycles. The Kier molecular flexibility index (Phi) is 3.55. The minimum absolute atomic E-state index is 0.486. The number of benzene rings is 1. The van der Waals surface area contributed by atoms with E-state index in [0.29, 0.717) is 29.8 Å². The van der Waals surface area contributed by atoms with Crippen molar-refractivity contribution in [2.45, 2.75) is 6.54 Å². The van der Waals surface area contributed by atoms with E-state index in [2.05, 4.69) is 15.1 Å². The average molecular weight is 286 g/mol. The number of rotatable bonds is 5. The Balaban J connectivity index is 1.85. The third-order valence-corrected chi connectivity index (χ3v) is 2.99. The molecule has 3 rings (SSSR count). The fourth-order valence-corrected chi connectivity index (χ4v) is 1.95. The molecule has 3 aromatic rings. The fraction of sp³-hybridized carbons (Fsp3) is 0.214. The molecule has 0 spiro atoms. The van der Waals surface area contributed by atoms with E-state index in [0.717, 1.165) is 5.56 Å². The lowest BCUT2D eigenvalue weighted by Gasteiger charge is -2.07. The molecule has 21 heavy (non-hydrogen) atoms. The van der Waals surface area contributed by atoms with Crippen LogP contribution in [0.2, 0.25) is 0 Å². The van der Waals surface area contributed by atoms with Crippen LogP contribution < -0.4 is 9.47 Å². The third kappa shape index (κ3) is 2.71. The van der Waals surface area contributed by atoms with Gasteiger partial charge in [-0.15, -0.1) is 0 Å². The molecule has 0 N–H and O–H groups in total. The summed E-state index contributed by atoms with van der Waals surface area (Å²) in [5, 5.41) is 3.98. The second-order valence-electron chi connectivity index (χ2n) is 4.32. The summed E-state index contributed by atoms with van der Waals surface area (Å²) in [4.78, 5) is 8.33. The lowest BCUT2D eigenvalue weighted by molar-refractivity contribution is 0.355. The summed E-state index contributed by atoms with van der Waals surface area (Å²) in [7, 11) is 3.18. The Morgan fingerprint density at radius 2 is 2.05 bits per heavy atom. The molecule has 0 aliphatic heterocycles. The van der Waals surface area contributed by atoms with Crippen LogP contribution in [-0.4, -0.2) is 33.9 Å². The quantitative estimate of drug-likeness (QED) is 0.714. The third-order valence-electron chi connectivity index (χ3n) is 2.99. The second kappa shape index (κ2) is 5.66. The molecule has 0 aliphatic rings. The maximum atomic E-state index is 5.27. The first kappa shape index (κ1) is 13.2. The van der Waals surface area contributed by atoms with Crippen LogP contribution in [0, 0.1) is 0 Å². The zero-order chi connectivity index (χ0) is 14.7. The Hall–Kier alpha value is -2.83. The number of hydrogen-bond donors (Lipinski definition) is 0. The van der Waals surface area contributed by atoms with Gasteiger partial charge in [0, 0.05) is 18.0 Å². The molecule has 2 heterocycles. The van der Waals surface area contributed by atoms with Gasteiger partial charge in [-0.25, -0.2) is 4.98 Å². The van der Waals surface area contributed by atoms with Crippen LogP contribution in [0.25, 0.3) is 11.4 Å². The Morgan fingerprint density at radius 3 is 2.76 bits per heavy atom. The monoisotopic (exact) mass is 286 g/mol. The minimum Gasteiger partial charge on any atom is -0.493 e. The Labute approximate surface area is 121 Å². The van der Waals surface area contributed by atoms with Crippen molar-refractivity contribution in [3.8, 4) is 22.9 Å². The highest BCUT2D eigenvalue weighted by Gasteiger charge is 2.12. The normalized spacial score (nSPS) is 10.6. The zero-order valence-electron chi connectivity index (χ0n) is 11.7. The first-order chi connectivity index (χ1) is 10.3. The number of ether oxygens (including phenoxy) is 2. The summed E-state index contributed by atoms with van der Waals surface area (Å²) < 4.78 is 17.6. The predicted octanol–water partition coefficient (Wildman–Crippen LogP) is 2.00. The van der Waals surface area contributed by atoms with Gasteiger partial charge in [-0.2, -0.15) is 4.98 Å². The summed E-state index contributed by atoms with van der Waals surface area (Å²) in [6, 6.07) is 5.47. The van der Waals surface area contributed by atoms with Crippen molar-refractivity contribution < 1.29 is 14.0 Å². The molecule has 0 radical (unpaired) electrons. The topological polar surface area (TPSA) is 75.2 Å². The van der Waals surface area contributed by atoms with E-state index in [1.54, 1.807) is 32.8 Å². The van der Waals surface area contributed by atoms with E-state index in [1.165, 1.54) is 0 Å². The molecule has 0 bridgehead atoms. The van der Waals surface area contributed by atoms with Crippen molar-refractivity contribution in [1.29, 1.82) is 0 Å². The van der Waals surface area contributed by atoms with Crippen LogP contribution in [0.3, 0.4) is 0 Å². The maximum Gasteiger partial charge on any atom is 0.246 e. The highest BCUT2D eigenvalue weighted by molar-refractivity contribution is 5.60. The number of aromatic nitrogens is 4. The van der Waals surface area contributed by atoms with E-state index in [1.807, 2.05) is 22.9 Å². The van der Waals surface area contributed by atoms with Crippen molar-refractivity contribution in [3.05, 3.63) is 42.8 Å². The van der Waals surface area contributed by atoms with Crippen LogP contribution in [0.1, 0.15) is 5.89 Å². The first-order valence-corrected chi connectivity index (χ1v) is 6.31. The van der Waals surface area contributed by atoms with Gasteiger partial charge >= 0.3 is 0 Å². The van der Waals surface area contributed by atoms with Gasteiger partial charge in [0.2, 0.25) is 11.7 Å². The largest absolute Gasteiger partial charge is 0.493 e. The summed E-state index contributed by atoms with van der Waals surface area (Å²) in [6.07, 6.45) is 5.23. The van der Waals surface area contributed by atoms with E-state index < -0.39 is 0 Å². The number of hydrogen-bond acceptors (Lipinski definition) is 6. The van der Waals surface area contributed by atoms with Gasteiger partial charge in [0.25, 0.3) is 0 Å². The SMILES string of the molecule is COc1ccc(-c2noc(Cn3ccnc3)n2)cc1OC. The molecule has 0 amide bonds. The van der Waals surface area contributed by atoms with Crippen LogP contribution in [0.5, 0.6) is 11.5 Å². The smallest absolute Gasteiger partial charge is 0.246 e. The summed E-state index contributed by atoms with van der Waals surface area (Å²) in [5.41, 5.74) is 0.799. The van der Waals surface area contributed by atoms with Crippen molar-refractivity contribution in [1.82, 2.24) is 19.7 Å². The summed E-state index contributed by atoms with van der Waals surface area (Å²) >= 11 is 0. The first-order valence-electron chi connectivity index (χ1n) is 6.31. The number of nitrogens with zero attached hydrogens (tertiary/aromatic N) is 4. The summed E-state index contributed by atoms with van der Waals surface area (Å²) in [5.74, 6) is 2.29. The van der Waals surface area contributed by atoms with Gasteiger partial charge in [0.05, 0.1) is 20.5 Å². The van der Waals surface area contributed by atoms with E-state index >= 15 is 0 Å². The number of imidazole rings is 1. The molecule has 108 valence electrons. The molecular formula is C14H14N4O3. The van der Waals surface area contributed by atoms with Crippen molar-refractivity contribution in [2.75, 3.05) is 14.2 Å². The molecule has 0 aliphatic carbocycles. The van der Waals surface area contributed by atoms with Crippen LogP contribution in [0.4, 0.5) is 0 Å². The van der Waals surface area contributed by atoms with Crippen LogP contribution >= 0.6 is 0 Å². The van der Waals surface area contributed by atoms with Crippen molar-refractivity contribution in [2.24, 2.45) is 0 Å². The standard InChI is InChI=1S/C14H14N4O3/c1-19-11-4-3-10(7-12(11)20-2)14-16-13(21-17-14)8-18-6-5-15-9-18/h3-7,9H,8H2,1-2H3. The lowest BCUT2D eigenvalue weighted by atomic mass is 10.2. The summed E-state index contributed by atoms with van der Waals surface area (Å²) in [6.45, 7) is 0.486. The Morgan fingerprint density at radius 1 is 1.19 bits per heavy atom. The van der Waals surface area contributed by atoms with Crippen LogP contribution in [0.15, 0.2) is 41.4 Å². The van der Waals surface area contributed by atoms with Gasteiger partial charge in [-0.3, -0.25) is 0 Å². The molecule has 0 saturated heterocycles. The Bertz CT molecular complexity index is 722. The predicted molar refractivity (Wildman–Crippen MR) is 74.2 cm³/mol. The maximum absolute atomic E-state index is 5.27. The second-order valence-corrected chi connectivity index (χ2v) is 4.32. The molecule has 7 nitrogen and oxygen atoms in total. The van der Waals surface area contributed by atoms with E-state index in [4.69, 9.17) is 14.0 Å². The molecule has 0 atom stereocenters. The molecule has 7 heteroatoms. The molecular weight excluding hydrogens is 272 g/mol. The zero-order valence-corrected chi connectivity index (χ0v) is 11.7. The van der Waals surface area contributed by atoms with Crippen molar-refractivity contribution in [3.63, 3.8) is 0 Å². The minimum atomic E-state index is 0.486. The molecule has 0 unspecified atom stereocenters. The van der Waals surface area contributed by atoms with Gasteiger partial charge in [0.1, 0.15) is 6.54 Å². The van der Waals surface area contributed by atoms with Gasteiger partial charge in [-0.05, 0) is 18.2 Å². The highest BCUT2D eigenvalue weighted by Crippen LogP contribution is 2.31.